The first kappa shape index (κ1) is 23.9. The van der Waals surface area contributed by atoms with Crippen LogP contribution in [0.15, 0.2) is 53.0 Å². The zero-order chi connectivity index (χ0) is 23.3. The van der Waals surface area contributed by atoms with Crippen LogP contribution < -0.4 is 21.1 Å². The minimum Gasteiger partial charge on any atom is -0.493 e. The third kappa shape index (κ3) is 5.73. The number of amides is 2. The van der Waals surface area contributed by atoms with Crippen molar-refractivity contribution in [2.45, 2.75) is 20.3 Å². The number of anilines is 1. The number of nitrogens with one attached hydrogen (secondary N) is 2. The highest BCUT2D eigenvalue weighted by atomic mass is 79.9. The van der Waals surface area contributed by atoms with Gasteiger partial charge in [-0.1, -0.05) is 30.3 Å². The van der Waals surface area contributed by atoms with Crippen LogP contribution in [0.3, 0.4) is 0 Å². The molecular formula is C23H22BrN3O3S2. The van der Waals surface area contributed by atoms with Gasteiger partial charge in [0.15, 0.2) is 5.11 Å². The molecule has 166 valence electrons. The van der Waals surface area contributed by atoms with Gasteiger partial charge in [0.1, 0.15) is 10.8 Å². The summed E-state index contributed by atoms with van der Waals surface area (Å²) in [7, 11) is 0. The Morgan fingerprint density at radius 1 is 1.19 bits per heavy atom. The Kier molecular flexibility index (Phi) is 8.00. The molecule has 0 saturated carbocycles. The second-order valence-corrected chi connectivity index (χ2v) is 9.24. The van der Waals surface area contributed by atoms with Gasteiger partial charge < -0.3 is 15.8 Å². The van der Waals surface area contributed by atoms with Crippen LogP contribution in [0.5, 0.6) is 5.75 Å². The molecule has 0 bridgehead atoms. The fraction of sp³-hybridized carbons (Fsp3) is 0.174. The lowest BCUT2D eigenvalue weighted by Gasteiger charge is -2.11. The minimum absolute atomic E-state index is 0.0787. The minimum atomic E-state index is -0.551. The van der Waals surface area contributed by atoms with E-state index < -0.39 is 5.91 Å². The van der Waals surface area contributed by atoms with Gasteiger partial charge in [0.2, 0.25) is 0 Å². The van der Waals surface area contributed by atoms with Crippen LogP contribution in [-0.2, 0) is 6.42 Å². The van der Waals surface area contributed by atoms with E-state index in [1.54, 1.807) is 18.2 Å². The van der Waals surface area contributed by atoms with Crippen LogP contribution in [0.1, 0.15) is 43.6 Å². The van der Waals surface area contributed by atoms with Crippen LogP contribution in [0.25, 0.3) is 0 Å². The Morgan fingerprint density at radius 3 is 2.53 bits per heavy atom. The van der Waals surface area contributed by atoms with Crippen LogP contribution in [0.2, 0.25) is 0 Å². The number of benzene rings is 2. The van der Waals surface area contributed by atoms with Crippen LogP contribution in [0, 0.1) is 6.92 Å². The summed E-state index contributed by atoms with van der Waals surface area (Å²) in [5.74, 6) is -0.286. The molecule has 1 aromatic heterocycles. The Labute approximate surface area is 204 Å². The average Bonchev–Trinajstić information content (AvgIpc) is 3.04. The number of thiocarbonyl (C=S) groups is 1. The fourth-order valence-electron chi connectivity index (χ4n) is 3.12. The van der Waals surface area contributed by atoms with E-state index in [9.17, 15) is 9.59 Å². The molecule has 4 N–H and O–H groups in total. The van der Waals surface area contributed by atoms with E-state index in [2.05, 4.69) is 26.6 Å². The molecule has 0 radical (unpaired) electrons. The van der Waals surface area contributed by atoms with E-state index in [1.807, 2.05) is 44.2 Å². The largest absolute Gasteiger partial charge is 0.493 e. The maximum absolute atomic E-state index is 12.6. The maximum Gasteiger partial charge on any atom is 0.257 e. The highest BCUT2D eigenvalue weighted by Crippen LogP contribution is 2.34. The Bertz CT molecular complexity index is 1160. The van der Waals surface area contributed by atoms with E-state index in [1.165, 1.54) is 11.3 Å². The molecule has 0 aliphatic rings. The van der Waals surface area contributed by atoms with Crippen molar-refractivity contribution in [1.82, 2.24) is 5.32 Å². The lowest BCUT2D eigenvalue weighted by Crippen LogP contribution is -2.34. The first-order valence-electron chi connectivity index (χ1n) is 9.80. The smallest absolute Gasteiger partial charge is 0.257 e. The van der Waals surface area contributed by atoms with Gasteiger partial charge in [-0.15, -0.1) is 11.3 Å². The molecule has 6 nitrogen and oxygen atoms in total. The molecule has 3 aromatic rings. The number of nitrogens with two attached hydrogens (primary N) is 1. The van der Waals surface area contributed by atoms with Crippen molar-refractivity contribution in [2.24, 2.45) is 5.73 Å². The fourth-order valence-corrected chi connectivity index (χ4v) is 5.12. The molecule has 2 aromatic carbocycles. The van der Waals surface area contributed by atoms with Gasteiger partial charge in [-0.25, -0.2) is 0 Å². The van der Waals surface area contributed by atoms with Crippen LogP contribution >= 0.6 is 39.5 Å². The summed E-state index contributed by atoms with van der Waals surface area (Å²) in [5, 5.41) is 6.20. The monoisotopic (exact) mass is 531 g/mol. The summed E-state index contributed by atoms with van der Waals surface area (Å²) in [6, 6.07) is 15.0. The quantitative estimate of drug-likeness (QED) is 0.371. The predicted molar refractivity (Wildman–Crippen MR) is 136 cm³/mol. The number of primary amides is 1. The third-order valence-electron chi connectivity index (χ3n) is 4.65. The number of hydrogen-bond donors (Lipinski definition) is 3. The number of carbonyl (C=O) groups is 2. The van der Waals surface area contributed by atoms with Crippen molar-refractivity contribution < 1.29 is 14.3 Å². The SMILES string of the molecule is CCOc1ccc(C(=O)NC(=S)Nc2sc(Cc3ccccc3)c(C)c2C(N)=O)cc1Br. The molecule has 0 atom stereocenters. The van der Waals surface area contributed by atoms with Gasteiger partial charge in [0.05, 0.1) is 16.6 Å². The van der Waals surface area contributed by atoms with Gasteiger partial charge in [-0.2, -0.15) is 0 Å². The average molecular weight is 532 g/mol. The number of hydrogen-bond acceptors (Lipinski definition) is 5. The van der Waals surface area contributed by atoms with Crippen LogP contribution in [0.4, 0.5) is 5.00 Å². The lowest BCUT2D eigenvalue weighted by molar-refractivity contribution is 0.0975. The van der Waals surface area contributed by atoms with Crippen molar-refractivity contribution >= 4 is 61.4 Å². The van der Waals surface area contributed by atoms with E-state index in [-0.39, 0.29) is 11.0 Å². The second-order valence-electron chi connectivity index (χ2n) is 6.87. The normalized spacial score (nSPS) is 10.5. The van der Waals surface area contributed by atoms with Crippen molar-refractivity contribution in [3.63, 3.8) is 0 Å². The second kappa shape index (κ2) is 10.7. The number of thiophene rings is 1. The highest BCUT2D eigenvalue weighted by Gasteiger charge is 2.21. The standard InChI is InChI=1S/C23H22BrN3O3S2/c1-3-30-17-10-9-15(12-16(17)24)21(29)26-23(31)27-22-19(20(25)28)13(2)18(32-22)11-14-7-5-4-6-8-14/h4-10,12H,3,11H2,1-2H3,(H2,25,28)(H2,26,27,29,31). The molecule has 3 rings (SSSR count). The molecule has 0 spiro atoms. The van der Waals surface area contributed by atoms with Crippen molar-refractivity contribution in [3.8, 4) is 5.75 Å². The van der Waals surface area contributed by atoms with Crippen LogP contribution in [-0.4, -0.2) is 23.5 Å². The molecule has 0 aliphatic heterocycles. The Hall–Kier alpha value is -2.75. The first-order valence-corrected chi connectivity index (χ1v) is 11.8. The summed E-state index contributed by atoms with van der Waals surface area (Å²) in [5.41, 5.74) is 8.34. The molecule has 9 heteroatoms. The summed E-state index contributed by atoms with van der Waals surface area (Å²) in [6.07, 6.45) is 0.665. The van der Waals surface area contributed by atoms with Gasteiger partial charge in [-0.3, -0.25) is 14.9 Å². The van der Waals surface area contributed by atoms with E-state index in [4.69, 9.17) is 22.7 Å². The highest BCUT2D eigenvalue weighted by molar-refractivity contribution is 9.10. The molecule has 0 saturated heterocycles. The van der Waals surface area contributed by atoms with Gasteiger partial charge >= 0.3 is 0 Å². The molecule has 0 aliphatic carbocycles. The lowest BCUT2D eigenvalue weighted by atomic mass is 10.1. The third-order valence-corrected chi connectivity index (χ3v) is 6.68. The number of rotatable bonds is 7. The Balaban J connectivity index is 1.75. The zero-order valence-electron chi connectivity index (χ0n) is 17.5. The predicted octanol–water partition coefficient (Wildman–Crippen LogP) is 5.03. The number of halogens is 1. The van der Waals surface area contributed by atoms with Crippen molar-refractivity contribution in [3.05, 3.63) is 80.1 Å². The van der Waals surface area contributed by atoms with Gasteiger partial charge in [0.25, 0.3) is 11.8 Å². The molecule has 0 fully saturated rings. The Morgan fingerprint density at radius 2 is 1.91 bits per heavy atom. The number of ether oxygens (including phenoxy) is 1. The molecular weight excluding hydrogens is 510 g/mol. The van der Waals surface area contributed by atoms with E-state index >= 15 is 0 Å². The van der Waals surface area contributed by atoms with E-state index in [0.29, 0.717) is 39.4 Å². The molecule has 2 amide bonds. The van der Waals surface area contributed by atoms with Gasteiger partial charge in [0, 0.05) is 16.9 Å². The molecule has 32 heavy (non-hydrogen) atoms. The van der Waals surface area contributed by atoms with Crippen molar-refractivity contribution in [1.29, 1.82) is 0 Å². The van der Waals surface area contributed by atoms with E-state index in [0.717, 1.165) is 16.0 Å². The summed E-state index contributed by atoms with van der Waals surface area (Å²) >= 11 is 10.1. The number of carbonyl (C=O) groups excluding carboxylic acids is 2. The maximum atomic E-state index is 12.6. The zero-order valence-corrected chi connectivity index (χ0v) is 20.7. The van der Waals surface area contributed by atoms with Gasteiger partial charge in [-0.05, 0) is 71.3 Å². The molecule has 0 unspecified atom stereocenters. The topological polar surface area (TPSA) is 93.4 Å². The summed E-state index contributed by atoms with van der Waals surface area (Å²) in [4.78, 5) is 25.7. The molecule has 1 heterocycles. The van der Waals surface area contributed by atoms with Crippen molar-refractivity contribution in [2.75, 3.05) is 11.9 Å². The first-order chi connectivity index (χ1) is 15.3. The summed E-state index contributed by atoms with van der Waals surface area (Å²) in [6.45, 7) is 4.26. The summed E-state index contributed by atoms with van der Waals surface area (Å²) < 4.78 is 6.13.